The molecule has 0 aliphatic carbocycles. The molecule has 0 bridgehead atoms. The minimum Gasteiger partial charge on any atom is -0.496 e. The van der Waals surface area contributed by atoms with Gasteiger partial charge in [0.05, 0.1) is 13.2 Å². The number of ether oxygens (including phenoxy) is 1. The highest BCUT2D eigenvalue weighted by Crippen LogP contribution is 2.26. The van der Waals surface area contributed by atoms with Gasteiger partial charge in [0, 0.05) is 6.04 Å². The summed E-state index contributed by atoms with van der Waals surface area (Å²) in [6.07, 6.45) is 2.91. The average molecular weight is 265 g/mol. The maximum absolute atomic E-state index is 10.0. The van der Waals surface area contributed by atoms with Crippen LogP contribution in [-0.2, 0) is 6.42 Å². The van der Waals surface area contributed by atoms with Crippen molar-refractivity contribution in [3.05, 3.63) is 28.8 Å². The summed E-state index contributed by atoms with van der Waals surface area (Å²) in [6.45, 7) is 6.21. The molecule has 3 N–H and O–H groups in total. The van der Waals surface area contributed by atoms with Crippen molar-refractivity contribution >= 4 is 0 Å². The van der Waals surface area contributed by atoms with Crippen LogP contribution in [0.25, 0.3) is 0 Å². The molecule has 0 aliphatic rings. The van der Waals surface area contributed by atoms with Crippen LogP contribution in [-0.4, -0.2) is 24.4 Å². The molecule has 19 heavy (non-hydrogen) atoms. The number of aryl methyl sites for hydroxylation is 3. The SMILES string of the molecule is CCCC(N)C(O)CCc1cc(C)cc(C)c1OC. The van der Waals surface area contributed by atoms with Gasteiger partial charge in [0.15, 0.2) is 0 Å². The van der Waals surface area contributed by atoms with Gasteiger partial charge >= 0.3 is 0 Å². The topological polar surface area (TPSA) is 55.5 Å². The fourth-order valence-electron chi connectivity index (χ4n) is 2.56. The summed E-state index contributed by atoms with van der Waals surface area (Å²) in [5, 5.41) is 10.0. The molecule has 3 heteroatoms. The second-order valence-corrected chi connectivity index (χ2v) is 5.33. The first kappa shape index (κ1) is 16.0. The molecule has 108 valence electrons. The summed E-state index contributed by atoms with van der Waals surface area (Å²) in [4.78, 5) is 0. The summed E-state index contributed by atoms with van der Waals surface area (Å²) < 4.78 is 5.46. The Morgan fingerprint density at radius 2 is 1.95 bits per heavy atom. The highest BCUT2D eigenvalue weighted by atomic mass is 16.5. The van der Waals surface area contributed by atoms with E-state index in [1.807, 2.05) is 0 Å². The third kappa shape index (κ3) is 4.51. The number of aliphatic hydroxyl groups is 1. The van der Waals surface area contributed by atoms with Crippen LogP contribution in [0, 0.1) is 13.8 Å². The van der Waals surface area contributed by atoms with Crippen molar-refractivity contribution in [2.24, 2.45) is 5.73 Å². The van der Waals surface area contributed by atoms with Gasteiger partial charge in [0.1, 0.15) is 5.75 Å². The van der Waals surface area contributed by atoms with Crippen LogP contribution in [0.15, 0.2) is 12.1 Å². The molecule has 0 saturated carbocycles. The van der Waals surface area contributed by atoms with Crippen molar-refractivity contribution in [3.8, 4) is 5.75 Å². The van der Waals surface area contributed by atoms with Gasteiger partial charge in [-0.05, 0) is 44.2 Å². The van der Waals surface area contributed by atoms with Gasteiger partial charge in [-0.2, -0.15) is 0 Å². The first-order chi connectivity index (χ1) is 8.99. The minimum atomic E-state index is -0.439. The third-order valence-electron chi connectivity index (χ3n) is 3.53. The average Bonchev–Trinajstić information content (AvgIpc) is 2.35. The Kier molecular flexibility index (Phi) is 6.32. The first-order valence-corrected chi connectivity index (χ1v) is 7.07. The Bertz CT molecular complexity index is 404. The zero-order chi connectivity index (χ0) is 14.4. The molecule has 0 heterocycles. The first-order valence-electron chi connectivity index (χ1n) is 7.07. The maximum atomic E-state index is 10.0. The predicted molar refractivity (Wildman–Crippen MR) is 79.7 cm³/mol. The lowest BCUT2D eigenvalue weighted by Gasteiger charge is -2.19. The smallest absolute Gasteiger partial charge is 0.124 e. The quantitative estimate of drug-likeness (QED) is 0.797. The Hall–Kier alpha value is -1.06. The predicted octanol–water partition coefficient (Wildman–Crippen LogP) is 2.73. The van der Waals surface area contributed by atoms with E-state index in [2.05, 4.69) is 32.9 Å². The van der Waals surface area contributed by atoms with Crippen LogP contribution in [0.5, 0.6) is 5.75 Å². The number of methoxy groups -OCH3 is 1. The van der Waals surface area contributed by atoms with Crippen molar-refractivity contribution in [2.75, 3.05) is 7.11 Å². The zero-order valence-corrected chi connectivity index (χ0v) is 12.6. The molecule has 2 unspecified atom stereocenters. The van der Waals surface area contributed by atoms with Crippen LogP contribution in [0.2, 0.25) is 0 Å². The number of hydrogen-bond donors (Lipinski definition) is 2. The fraction of sp³-hybridized carbons (Fsp3) is 0.625. The molecule has 1 aromatic carbocycles. The fourth-order valence-corrected chi connectivity index (χ4v) is 2.56. The van der Waals surface area contributed by atoms with Crippen LogP contribution >= 0.6 is 0 Å². The van der Waals surface area contributed by atoms with E-state index in [1.165, 1.54) is 5.56 Å². The summed E-state index contributed by atoms with van der Waals surface area (Å²) in [6, 6.07) is 4.12. The Morgan fingerprint density at radius 1 is 1.26 bits per heavy atom. The lowest BCUT2D eigenvalue weighted by Crippen LogP contribution is -2.34. The highest BCUT2D eigenvalue weighted by Gasteiger charge is 2.15. The molecule has 0 spiro atoms. The summed E-state index contributed by atoms with van der Waals surface area (Å²) in [5.74, 6) is 0.932. The number of nitrogens with two attached hydrogens (primary N) is 1. The second-order valence-electron chi connectivity index (χ2n) is 5.33. The van der Waals surface area contributed by atoms with Crippen molar-refractivity contribution in [3.63, 3.8) is 0 Å². The lowest BCUT2D eigenvalue weighted by atomic mass is 9.97. The van der Waals surface area contributed by atoms with Gasteiger partial charge in [-0.3, -0.25) is 0 Å². The van der Waals surface area contributed by atoms with Crippen LogP contribution in [0.1, 0.15) is 42.9 Å². The van der Waals surface area contributed by atoms with E-state index in [1.54, 1.807) is 7.11 Å². The maximum Gasteiger partial charge on any atom is 0.124 e. The molecule has 0 aromatic heterocycles. The summed E-state index contributed by atoms with van der Waals surface area (Å²) in [7, 11) is 1.69. The lowest BCUT2D eigenvalue weighted by molar-refractivity contribution is 0.130. The minimum absolute atomic E-state index is 0.123. The second kappa shape index (κ2) is 7.51. The van der Waals surface area contributed by atoms with E-state index in [4.69, 9.17) is 10.5 Å². The molecule has 0 saturated heterocycles. The van der Waals surface area contributed by atoms with E-state index in [-0.39, 0.29) is 6.04 Å². The van der Waals surface area contributed by atoms with E-state index in [9.17, 15) is 5.11 Å². The standard InChI is InChI=1S/C16H27NO2/c1-5-6-14(17)15(18)8-7-13-10-11(2)9-12(3)16(13)19-4/h9-10,14-15,18H,5-8,17H2,1-4H3. The van der Waals surface area contributed by atoms with Crippen molar-refractivity contribution in [1.82, 2.24) is 0 Å². The van der Waals surface area contributed by atoms with Gasteiger partial charge in [0.25, 0.3) is 0 Å². The normalized spacial score (nSPS) is 14.2. The monoisotopic (exact) mass is 265 g/mol. The van der Waals surface area contributed by atoms with E-state index in [0.717, 1.165) is 36.1 Å². The number of benzene rings is 1. The highest BCUT2D eigenvalue weighted by molar-refractivity contribution is 5.43. The van der Waals surface area contributed by atoms with Crippen LogP contribution in [0.3, 0.4) is 0 Å². The zero-order valence-electron chi connectivity index (χ0n) is 12.6. The van der Waals surface area contributed by atoms with E-state index in [0.29, 0.717) is 6.42 Å². The van der Waals surface area contributed by atoms with Gasteiger partial charge in [-0.1, -0.05) is 31.0 Å². The molecule has 1 aromatic rings. The van der Waals surface area contributed by atoms with Crippen molar-refractivity contribution in [1.29, 1.82) is 0 Å². The number of hydrogen-bond acceptors (Lipinski definition) is 3. The molecule has 0 aliphatic heterocycles. The molecule has 2 atom stereocenters. The summed E-state index contributed by atoms with van der Waals surface area (Å²) in [5.41, 5.74) is 9.46. The molecular formula is C16H27NO2. The molecule has 0 fully saturated rings. The number of aliphatic hydroxyl groups excluding tert-OH is 1. The third-order valence-corrected chi connectivity index (χ3v) is 3.53. The molecule has 3 nitrogen and oxygen atoms in total. The van der Waals surface area contributed by atoms with Gasteiger partial charge < -0.3 is 15.6 Å². The van der Waals surface area contributed by atoms with Gasteiger partial charge in [-0.15, -0.1) is 0 Å². The van der Waals surface area contributed by atoms with E-state index >= 15 is 0 Å². The molecule has 1 rings (SSSR count). The Labute approximate surface area is 116 Å². The largest absolute Gasteiger partial charge is 0.496 e. The van der Waals surface area contributed by atoms with Crippen molar-refractivity contribution in [2.45, 2.75) is 58.6 Å². The van der Waals surface area contributed by atoms with Crippen LogP contribution in [0.4, 0.5) is 0 Å². The Balaban J connectivity index is 2.72. The van der Waals surface area contributed by atoms with Gasteiger partial charge in [0.2, 0.25) is 0 Å². The molecular weight excluding hydrogens is 238 g/mol. The van der Waals surface area contributed by atoms with Gasteiger partial charge in [-0.25, -0.2) is 0 Å². The number of rotatable bonds is 7. The van der Waals surface area contributed by atoms with E-state index < -0.39 is 6.10 Å². The summed E-state index contributed by atoms with van der Waals surface area (Å²) >= 11 is 0. The Morgan fingerprint density at radius 3 is 2.53 bits per heavy atom. The molecule has 0 radical (unpaired) electrons. The van der Waals surface area contributed by atoms with Crippen molar-refractivity contribution < 1.29 is 9.84 Å². The molecule has 0 amide bonds. The van der Waals surface area contributed by atoms with Crippen LogP contribution < -0.4 is 10.5 Å².